The predicted octanol–water partition coefficient (Wildman–Crippen LogP) is 3.99. The number of H-pyrrole nitrogens is 1. The Hall–Kier alpha value is -2.47. The number of carbonyl (C=O) groups excluding carboxylic acids is 1. The molecule has 0 aliphatic rings. The minimum absolute atomic E-state index is 0.0231. The van der Waals surface area contributed by atoms with Gasteiger partial charge in [-0.2, -0.15) is 0 Å². The highest BCUT2D eigenvalue weighted by Crippen LogP contribution is 2.30. The van der Waals surface area contributed by atoms with Crippen LogP contribution in [0.2, 0.25) is 0 Å². The Balaban J connectivity index is 2.15. The van der Waals surface area contributed by atoms with Gasteiger partial charge < -0.3 is 4.98 Å². The van der Waals surface area contributed by atoms with Gasteiger partial charge in [0.15, 0.2) is 0 Å². The fourth-order valence-corrected chi connectivity index (χ4v) is 3.28. The zero-order chi connectivity index (χ0) is 15.1. The minimum Gasteiger partial charge on any atom is -0.355 e. The molecular formula is C15H12N2O3S. The number of aromatic amines is 1. The van der Waals surface area contributed by atoms with E-state index in [0.29, 0.717) is 21.3 Å². The summed E-state index contributed by atoms with van der Waals surface area (Å²) in [7, 11) is 0. The van der Waals surface area contributed by atoms with Gasteiger partial charge in [0, 0.05) is 28.1 Å². The Labute approximate surface area is 124 Å². The molecule has 0 unspecified atom stereocenters. The zero-order valence-corrected chi connectivity index (χ0v) is 12.3. The lowest BCUT2D eigenvalue weighted by Crippen LogP contribution is -1.97. The van der Waals surface area contributed by atoms with Crippen LogP contribution >= 0.6 is 11.3 Å². The van der Waals surface area contributed by atoms with Gasteiger partial charge in [-0.25, -0.2) is 0 Å². The number of ketones is 1. The van der Waals surface area contributed by atoms with E-state index in [9.17, 15) is 14.9 Å². The molecule has 21 heavy (non-hydrogen) atoms. The average molecular weight is 300 g/mol. The molecule has 0 saturated carbocycles. The van der Waals surface area contributed by atoms with Crippen LogP contribution in [0, 0.1) is 24.0 Å². The second-order valence-corrected chi connectivity index (χ2v) is 6.09. The van der Waals surface area contributed by atoms with Gasteiger partial charge in [0.1, 0.15) is 5.52 Å². The molecule has 5 nitrogen and oxygen atoms in total. The molecule has 0 bridgehead atoms. The van der Waals surface area contributed by atoms with Crippen molar-refractivity contribution in [2.24, 2.45) is 0 Å². The predicted molar refractivity (Wildman–Crippen MR) is 82.2 cm³/mol. The summed E-state index contributed by atoms with van der Waals surface area (Å²) in [6.45, 7) is 3.93. The highest BCUT2D eigenvalue weighted by molar-refractivity contribution is 7.14. The van der Waals surface area contributed by atoms with Crippen molar-refractivity contribution in [3.05, 3.63) is 61.5 Å². The molecule has 0 fully saturated rings. The van der Waals surface area contributed by atoms with Crippen LogP contribution in [-0.2, 0) is 0 Å². The number of nitro benzene ring substituents is 1. The van der Waals surface area contributed by atoms with Crippen molar-refractivity contribution >= 4 is 33.7 Å². The summed E-state index contributed by atoms with van der Waals surface area (Å²) in [5.41, 5.74) is 1.91. The molecule has 6 heteroatoms. The van der Waals surface area contributed by atoms with Crippen LogP contribution in [-0.4, -0.2) is 15.7 Å². The van der Waals surface area contributed by atoms with Crippen molar-refractivity contribution in [1.82, 2.24) is 4.98 Å². The van der Waals surface area contributed by atoms with Crippen LogP contribution in [0.4, 0.5) is 5.69 Å². The number of aromatic nitrogens is 1. The van der Waals surface area contributed by atoms with Gasteiger partial charge in [-0.15, -0.1) is 11.3 Å². The van der Waals surface area contributed by atoms with Gasteiger partial charge >= 0.3 is 0 Å². The maximum atomic E-state index is 12.6. The second kappa shape index (κ2) is 4.82. The van der Waals surface area contributed by atoms with Gasteiger partial charge in [0.2, 0.25) is 5.78 Å². The van der Waals surface area contributed by atoms with Crippen LogP contribution in [0.5, 0.6) is 0 Å². The standard InChI is InChI=1S/C15H12N2O3S/c1-8-6-13(21-9(8)2)15(18)11-7-16-14-10(11)4-3-5-12(14)17(19)20/h3-7,16H,1-2H3. The second-order valence-electron chi connectivity index (χ2n) is 4.84. The van der Waals surface area contributed by atoms with Crippen molar-refractivity contribution in [2.75, 3.05) is 0 Å². The van der Waals surface area contributed by atoms with Crippen LogP contribution in [0.1, 0.15) is 25.7 Å². The number of nitrogens with zero attached hydrogens (tertiary/aromatic N) is 1. The summed E-state index contributed by atoms with van der Waals surface area (Å²) in [6.07, 6.45) is 1.55. The number of para-hydroxylation sites is 1. The Kier molecular flexibility index (Phi) is 3.10. The van der Waals surface area contributed by atoms with Gasteiger partial charge in [0.05, 0.1) is 9.80 Å². The Morgan fingerprint density at radius 1 is 1.33 bits per heavy atom. The molecule has 0 saturated heterocycles. The van der Waals surface area contributed by atoms with Crippen LogP contribution in [0.25, 0.3) is 10.9 Å². The van der Waals surface area contributed by atoms with E-state index in [1.54, 1.807) is 18.3 Å². The third-order valence-corrected chi connectivity index (χ3v) is 4.68. The summed E-state index contributed by atoms with van der Waals surface area (Å²) in [4.78, 5) is 27.8. The Morgan fingerprint density at radius 2 is 2.10 bits per heavy atom. The molecule has 3 aromatic rings. The lowest BCUT2D eigenvalue weighted by molar-refractivity contribution is -0.383. The summed E-state index contributed by atoms with van der Waals surface area (Å²) < 4.78 is 0. The number of non-ortho nitro benzene ring substituents is 1. The first-order chi connectivity index (χ1) is 9.99. The Bertz CT molecular complexity index is 857. The first-order valence-electron chi connectivity index (χ1n) is 6.35. The van der Waals surface area contributed by atoms with E-state index in [-0.39, 0.29) is 11.5 Å². The highest BCUT2D eigenvalue weighted by Gasteiger charge is 2.20. The summed E-state index contributed by atoms with van der Waals surface area (Å²) in [6, 6.07) is 6.60. The minimum atomic E-state index is -0.452. The number of benzene rings is 1. The first-order valence-corrected chi connectivity index (χ1v) is 7.17. The number of nitrogens with one attached hydrogen (secondary N) is 1. The van der Waals surface area contributed by atoms with Crippen LogP contribution in [0.15, 0.2) is 30.5 Å². The number of thiophene rings is 1. The number of carbonyl (C=O) groups is 1. The van der Waals surface area contributed by atoms with E-state index in [2.05, 4.69) is 4.98 Å². The SMILES string of the molecule is Cc1cc(C(=O)c2c[nH]c3c([N+](=O)[O-])cccc23)sc1C. The van der Waals surface area contributed by atoms with E-state index >= 15 is 0 Å². The average Bonchev–Trinajstić information content (AvgIpc) is 3.02. The number of hydrogen-bond acceptors (Lipinski definition) is 4. The molecule has 0 radical (unpaired) electrons. The molecule has 0 aliphatic carbocycles. The molecule has 1 N–H and O–H groups in total. The maximum absolute atomic E-state index is 12.6. The van der Waals surface area contributed by atoms with Crippen molar-refractivity contribution in [3.8, 4) is 0 Å². The van der Waals surface area contributed by atoms with Crippen molar-refractivity contribution < 1.29 is 9.72 Å². The first kappa shape index (κ1) is 13.5. The largest absolute Gasteiger partial charge is 0.355 e. The summed E-state index contributed by atoms with van der Waals surface area (Å²) in [5, 5.41) is 11.6. The number of hydrogen-bond donors (Lipinski definition) is 1. The van der Waals surface area contributed by atoms with Crippen LogP contribution < -0.4 is 0 Å². The third-order valence-electron chi connectivity index (χ3n) is 3.52. The van der Waals surface area contributed by atoms with E-state index < -0.39 is 4.92 Å². The Morgan fingerprint density at radius 3 is 2.71 bits per heavy atom. The normalized spacial score (nSPS) is 11.0. The van der Waals surface area contributed by atoms with Gasteiger partial charge in [-0.05, 0) is 25.5 Å². The number of fused-ring (bicyclic) bond motifs is 1. The van der Waals surface area contributed by atoms with E-state index in [4.69, 9.17) is 0 Å². The van der Waals surface area contributed by atoms with Gasteiger partial charge in [-0.3, -0.25) is 14.9 Å². The topological polar surface area (TPSA) is 76.0 Å². The van der Waals surface area contributed by atoms with Gasteiger partial charge in [-0.1, -0.05) is 12.1 Å². The van der Waals surface area contributed by atoms with E-state index in [1.165, 1.54) is 17.4 Å². The smallest absolute Gasteiger partial charge is 0.293 e. The summed E-state index contributed by atoms with van der Waals surface area (Å²) >= 11 is 1.44. The molecule has 0 amide bonds. The van der Waals surface area contributed by atoms with Crippen molar-refractivity contribution in [1.29, 1.82) is 0 Å². The van der Waals surface area contributed by atoms with E-state index in [1.807, 2.05) is 19.9 Å². The lowest BCUT2D eigenvalue weighted by atomic mass is 10.1. The third kappa shape index (κ3) is 2.13. The molecule has 3 rings (SSSR count). The maximum Gasteiger partial charge on any atom is 0.293 e. The lowest BCUT2D eigenvalue weighted by Gasteiger charge is -1.97. The molecule has 2 aromatic heterocycles. The molecule has 0 atom stereocenters. The molecule has 0 aliphatic heterocycles. The number of nitro groups is 1. The zero-order valence-electron chi connectivity index (χ0n) is 11.5. The van der Waals surface area contributed by atoms with Crippen molar-refractivity contribution in [3.63, 3.8) is 0 Å². The molecule has 0 spiro atoms. The number of rotatable bonds is 3. The fraction of sp³-hybridized carbons (Fsp3) is 0.133. The molecule has 106 valence electrons. The molecular weight excluding hydrogens is 288 g/mol. The number of aryl methyl sites for hydroxylation is 2. The summed E-state index contributed by atoms with van der Waals surface area (Å²) in [5.74, 6) is -0.108. The molecule has 1 aromatic carbocycles. The fourth-order valence-electron chi connectivity index (χ4n) is 2.30. The van der Waals surface area contributed by atoms with Crippen molar-refractivity contribution in [2.45, 2.75) is 13.8 Å². The van der Waals surface area contributed by atoms with E-state index in [0.717, 1.165) is 10.4 Å². The van der Waals surface area contributed by atoms with Gasteiger partial charge in [0.25, 0.3) is 5.69 Å². The highest BCUT2D eigenvalue weighted by atomic mass is 32.1. The quantitative estimate of drug-likeness (QED) is 0.451. The monoisotopic (exact) mass is 300 g/mol. The van der Waals surface area contributed by atoms with Crippen LogP contribution in [0.3, 0.4) is 0 Å². The molecule has 2 heterocycles.